The van der Waals surface area contributed by atoms with Gasteiger partial charge >= 0.3 is 0 Å². The third kappa shape index (κ3) is 1.28. The predicted octanol–water partition coefficient (Wildman–Crippen LogP) is 5.28. The van der Waals surface area contributed by atoms with E-state index in [2.05, 4.69) is 66.2 Å². The fourth-order valence-corrected chi connectivity index (χ4v) is 4.97. The van der Waals surface area contributed by atoms with Crippen molar-refractivity contribution in [1.29, 1.82) is 0 Å². The Hall–Kier alpha value is 0.650. The summed E-state index contributed by atoms with van der Waals surface area (Å²) < 4.78 is 1.51. The number of hydrogen-bond donors (Lipinski definition) is 0. The van der Waals surface area contributed by atoms with Crippen LogP contribution >= 0.6 is 49.9 Å². The van der Waals surface area contributed by atoms with Gasteiger partial charge in [0.2, 0.25) is 0 Å². The van der Waals surface area contributed by atoms with Crippen LogP contribution in [0.5, 0.6) is 0 Å². The molecule has 1 unspecified atom stereocenters. The van der Waals surface area contributed by atoms with Crippen LogP contribution in [0.2, 0.25) is 0 Å². The van der Waals surface area contributed by atoms with Crippen molar-refractivity contribution in [3.8, 4) is 0 Å². The van der Waals surface area contributed by atoms with E-state index in [-0.39, 0.29) is 3.42 Å². The number of aryl methyl sites for hydroxylation is 1. The van der Waals surface area contributed by atoms with Gasteiger partial charge < -0.3 is 0 Å². The first-order valence-electron chi connectivity index (χ1n) is 4.54. The fourth-order valence-electron chi connectivity index (χ4n) is 1.90. The molecule has 1 heterocycles. The maximum absolute atomic E-state index is 3.69. The zero-order valence-corrected chi connectivity index (χ0v) is 13.2. The number of alkyl halides is 1. The van der Waals surface area contributed by atoms with Gasteiger partial charge in [-0.3, -0.25) is 0 Å². The second kappa shape index (κ2) is 3.32. The van der Waals surface area contributed by atoms with Gasteiger partial charge in [-0.25, -0.2) is 0 Å². The lowest BCUT2D eigenvalue weighted by Crippen LogP contribution is -2.08. The van der Waals surface area contributed by atoms with Crippen LogP contribution in [0.3, 0.4) is 0 Å². The Morgan fingerprint density at radius 2 is 1.86 bits per heavy atom. The summed E-state index contributed by atoms with van der Waals surface area (Å²) in [5.41, 5.74) is 4.40. The molecule has 0 fully saturated rings. The molecule has 1 aliphatic carbocycles. The minimum Gasteiger partial charge on any atom is -0.142 e. The minimum atomic E-state index is 0.207. The van der Waals surface area contributed by atoms with Crippen molar-refractivity contribution in [2.24, 2.45) is 0 Å². The first-order chi connectivity index (χ1) is 6.37. The highest BCUT2D eigenvalue weighted by atomic mass is 127. The number of allylic oxidation sites excluding steroid dienone is 2. The van der Waals surface area contributed by atoms with Gasteiger partial charge in [-0.05, 0) is 54.8 Å². The van der Waals surface area contributed by atoms with Crippen molar-refractivity contribution in [3.05, 3.63) is 25.4 Å². The normalized spacial score (nSPS) is 25.9. The highest BCUT2D eigenvalue weighted by molar-refractivity contribution is 14.1. The third-order valence-electron chi connectivity index (χ3n) is 3.08. The summed E-state index contributed by atoms with van der Waals surface area (Å²) in [5.74, 6) is 0. The Kier molecular flexibility index (Phi) is 2.64. The van der Waals surface area contributed by atoms with Crippen LogP contribution in [0, 0.1) is 6.92 Å². The Morgan fingerprint density at radius 1 is 1.29 bits per heavy atom. The summed E-state index contributed by atoms with van der Waals surface area (Å²) in [5, 5.41) is 0. The summed E-state index contributed by atoms with van der Waals surface area (Å²) >= 11 is 8.18. The number of thiophene rings is 1. The zero-order chi connectivity index (χ0) is 10.7. The molecule has 0 nitrogen and oxygen atoms in total. The molecular formula is C11H12BrIS. The minimum absolute atomic E-state index is 0.207. The van der Waals surface area contributed by atoms with Gasteiger partial charge in [0.25, 0.3) is 0 Å². The molecule has 0 saturated carbocycles. The molecular weight excluding hydrogens is 371 g/mol. The van der Waals surface area contributed by atoms with Crippen molar-refractivity contribution in [3.63, 3.8) is 0 Å². The van der Waals surface area contributed by atoms with Crippen molar-refractivity contribution in [2.75, 3.05) is 0 Å². The molecule has 0 radical (unpaired) electrons. The monoisotopic (exact) mass is 382 g/mol. The van der Waals surface area contributed by atoms with Crippen molar-refractivity contribution in [1.82, 2.24) is 0 Å². The lowest BCUT2D eigenvalue weighted by molar-refractivity contribution is 0.901. The van der Waals surface area contributed by atoms with E-state index in [0.29, 0.717) is 0 Å². The van der Waals surface area contributed by atoms with Gasteiger partial charge in [-0.15, -0.1) is 11.3 Å². The molecule has 0 bridgehead atoms. The Balaban J connectivity index is 2.79. The van der Waals surface area contributed by atoms with Crippen LogP contribution in [-0.4, -0.2) is 0 Å². The lowest BCUT2D eigenvalue weighted by atomic mass is 10.1. The Labute approximate surface area is 111 Å². The molecule has 1 aliphatic rings. The topological polar surface area (TPSA) is 0 Å². The van der Waals surface area contributed by atoms with E-state index in [4.69, 9.17) is 0 Å². The van der Waals surface area contributed by atoms with E-state index in [1.807, 2.05) is 11.3 Å². The van der Waals surface area contributed by atoms with Gasteiger partial charge in [0.1, 0.15) is 0 Å². The molecule has 3 heteroatoms. The fraction of sp³-hybridized carbons (Fsp3) is 0.455. The van der Waals surface area contributed by atoms with Gasteiger partial charge in [0.05, 0.1) is 3.42 Å². The average Bonchev–Trinajstić information content (AvgIpc) is 2.48. The lowest BCUT2D eigenvalue weighted by Gasteiger charge is -2.17. The molecule has 0 saturated heterocycles. The Bertz CT molecular complexity index is 440. The Morgan fingerprint density at radius 3 is 2.36 bits per heavy atom. The SMILES string of the molecule is CC1=C(C)C(C)(I)c2sc(C)c(Br)c21. The first-order valence-corrected chi connectivity index (χ1v) is 7.22. The van der Waals surface area contributed by atoms with Crippen molar-refractivity contribution < 1.29 is 0 Å². The van der Waals surface area contributed by atoms with E-state index in [9.17, 15) is 0 Å². The predicted molar refractivity (Wildman–Crippen MR) is 76.4 cm³/mol. The molecule has 0 aliphatic heterocycles. The maximum Gasteiger partial charge on any atom is 0.0753 e. The summed E-state index contributed by atoms with van der Waals surface area (Å²) in [6.45, 7) is 8.97. The molecule has 76 valence electrons. The largest absolute Gasteiger partial charge is 0.142 e. The van der Waals surface area contributed by atoms with Crippen molar-refractivity contribution in [2.45, 2.75) is 31.1 Å². The standard InChI is InChI=1S/C11H12BrIS/c1-5-6(2)11(4,13)10-8(5)9(12)7(3)14-10/h1-4H3. The van der Waals surface area contributed by atoms with E-state index in [1.54, 1.807) is 0 Å². The van der Waals surface area contributed by atoms with E-state index in [0.717, 1.165) is 0 Å². The highest BCUT2D eigenvalue weighted by Gasteiger charge is 2.38. The van der Waals surface area contributed by atoms with Crippen LogP contribution < -0.4 is 0 Å². The molecule has 14 heavy (non-hydrogen) atoms. The number of fused-ring (bicyclic) bond motifs is 1. The van der Waals surface area contributed by atoms with E-state index in [1.165, 1.54) is 30.9 Å². The number of hydrogen-bond acceptors (Lipinski definition) is 1. The van der Waals surface area contributed by atoms with Crippen LogP contribution in [0.4, 0.5) is 0 Å². The quantitative estimate of drug-likeness (QED) is 0.423. The molecule has 1 aromatic heterocycles. The van der Waals surface area contributed by atoms with Crippen LogP contribution in [-0.2, 0) is 3.42 Å². The highest BCUT2D eigenvalue weighted by Crippen LogP contribution is 2.56. The molecule has 0 aromatic carbocycles. The second-order valence-corrected chi connectivity index (χ2v) is 8.10. The summed E-state index contributed by atoms with van der Waals surface area (Å²) in [4.78, 5) is 2.90. The van der Waals surface area contributed by atoms with Crippen molar-refractivity contribution >= 4 is 55.4 Å². The van der Waals surface area contributed by atoms with E-state index < -0.39 is 0 Å². The second-order valence-electron chi connectivity index (χ2n) is 3.93. The smallest absolute Gasteiger partial charge is 0.0753 e. The molecule has 0 amide bonds. The van der Waals surface area contributed by atoms with Gasteiger partial charge in [-0.1, -0.05) is 22.6 Å². The van der Waals surface area contributed by atoms with E-state index >= 15 is 0 Å². The van der Waals surface area contributed by atoms with Crippen LogP contribution in [0.15, 0.2) is 10.0 Å². The summed E-state index contributed by atoms with van der Waals surface area (Å²) in [6, 6.07) is 0. The average molecular weight is 383 g/mol. The van der Waals surface area contributed by atoms with Crippen LogP contribution in [0.25, 0.3) is 5.57 Å². The van der Waals surface area contributed by atoms with Gasteiger partial charge in [-0.2, -0.15) is 0 Å². The molecule has 0 spiro atoms. The molecule has 0 N–H and O–H groups in total. The first kappa shape index (κ1) is 11.1. The maximum atomic E-state index is 3.69. The molecule has 1 atom stereocenters. The van der Waals surface area contributed by atoms with Gasteiger partial charge in [0.15, 0.2) is 0 Å². The summed E-state index contributed by atoms with van der Waals surface area (Å²) in [7, 11) is 0. The third-order valence-corrected chi connectivity index (χ3v) is 7.37. The zero-order valence-electron chi connectivity index (χ0n) is 8.66. The molecule has 1 aromatic rings. The summed E-state index contributed by atoms with van der Waals surface area (Å²) in [6.07, 6.45) is 0. The number of rotatable bonds is 0. The van der Waals surface area contributed by atoms with Gasteiger partial charge in [0, 0.05) is 19.8 Å². The van der Waals surface area contributed by atoms with Crippen LogP contribution in [0.1, 0.15) is 36.1 Å². The molecule has 2 rings (SSSR count). The number of halogens is 2.